The minimum absolute atomic E-state index is 0.241. The molecule has 0 aliphatic rings. The summed E-state index contributed by atoms with van der Waals surface area (Å²) in [4.78, 5) is 21.2. The van der Waals surface area contributed by atoms with Gasteiger partial charge in [-0.25, -0.2) is 9.59 Å². The van der Waals surface area contributed by atoms with E-state index in [1.54, 1.807) is 0 Å². The maximum absolute atomic E-state index is 10.7. The lowest BCUT2D eigenvalue weighted by atomic mass is 10.2. The lowest BCUT2D eigenvalue weighted by molar-refractivity contribution is -0.144. The van der Waals surface area contributed by atoms with E-state index in [1.165, 1.54) is 7.11 Å². The largest absolute Gasteiger partial charge is 0.508 e. The number of hydrogen-bond donors (Lipinski definition) is 0. The molecule has 0 amide bonds. The van der Waals surface area contributed by atoms with Crippen LogP contribution in [0.25, 0.3) is 0 Å². The van der Waals surface area contributed by atoms with Gasteiger partial charge in [0.2, 0.25) is 0 Å². The first-order valence-electron chi connectivity index (χ1n) is 3.92. The van der Waals surface area contributed by atoms with Crippen molar-refractivity contribution in [1.29, 1.82) is 0 Å². The Morgan fingerprint density at radius 1 is 1.23 bits per heavy atom. The molecular weight excluding hydrogens is 176 g/mol. The van der Waals surface area contributed by atoms with Gasteiger partial charge in [0, 0.05) is 0 Å². The molecule has 0 aromatic carbocycles. The number of carbonyl (C=O) groups excluding carboxylic acids is 2. The second-order valence-corrected chi connectivity index (χ2v) is 2.82. The number of rotatable bonds is 4. The summed E-state index contributed by atoms with van der Waals surface area (Å²) < 4.78 is 13.3. The van der Waals surface area contributed by atoms with Crippen molar-refractivity contribution in [3.63, 3.8) is 0 Å². The lowest BCUT2D eigenvalue weighted by Gasteiger charge is -2.06. The van der Waals surface area contributed by atoms with Crippen LogP contribution in [0.15, 0.2) is 0 Å². The van der Waals surface area contributed by atoms with Crippen LogP contribution in [-0.2, 0) is 19.0 Å². The van der Waals surface area contributed by atoms with Gasteiger partial charge in [-0.1, -0.05) is 13.8 Å². The first kappa shape index (κ1) is 11.7. The highest BCUT2D eigenvalue weighted by Gasteiger charge is 2.08. The van der Waals surface area contributed by atoms with Gasteiger partial charge in [0.05, 0.1) is 13.7 Å². The highest BCUT2D eigenvalue weighted by atomic mass is 16.7. The van der Waals surface area contributed by atoms with E-state index in [4.69, 9.17) is 0 Å². The maximum atomic E-state index is 10.7. The maximum Gasteiger partial charge on any atom is 0.508 e. The fourth-order valence-electron chi connectivity index (χ4n) is 0.453. The van der Waals surface area contributed by atoms with Crippen LogP contribution in [0.5, 0.6) is 0 Å². The molecule has 5 heteroatoms. The Morgan fingerprint density at radius 3 is 2.31 bits per heavy atom. The molecule has 0 aromatic rings. The number of carbonyl (C=O) groups is 2. The van der Waals surface area contributed by atoms with Gasteiger partial charge in [-0.3, -0.25) is 0 Å². The molecule has 0 saturated carbocycles. The molecule has 0 bridgehead atoms. The van der Waals surface area contributed by atoms with Crippen molar-refractivity contribution in [2.45, 2.75) is 13.8 Å². The first-order chi connectivity index (χ1) is 6.06. The van der Waals surface area contributed by atoms with Gasteiger partial charge < -0.3 is 14.2 Å². The highest BCUT2D eigenvalue weighted by Crippen LogP contribution is 1.94. The van der Waals surface area contributed by atoms with Crippen LogP contribution in [0.2, 0.25) is 0 Å². The molecule has 0 unspecified atom stereocenters. The average molecular weight is 190 g/mol. The van der Waals surface area contributed by atoms with E-state index in [2.05, 4.69) is 14.2 Å². The van der Waals surface area contributed by atoms with Crippen LogP contribution in [-0.4, -0.2) is 32.4 Å². The third kappa shape index (κ3) is 7.11. The second kappa shape index (κ2) is 6.28. The average Bonchev–Trinajstić information content (AvgIpc) is 2.10. The van der Waals surface area contributed by atoms with E-state index in [-0.39, 0.29) is 12.5 Å². The summed E-state index contributed by atoms with van der Waals surface area (Å²) in [5.41, 5.74) is 0. The number of hydrogen-bond acceptors (Lipinski definition) is 5. The van der Waals surface area contributed by atoms with Gasteiger partial charge in [0.15, 0.2) is 6.61 Å². The van der Waals surface area contributed by atoms with Crippen molar-refractivity contribution in [3.05, 3.63) is 0 Å². The summed E-state index contributed by atoms with van der Waals surface area (Å²) in [5, 5.41) is 0. The smallest absolute Gasteiger partial charge is 0.466 e. The predicted octanol–water partition coefficient (Wildman–Crippen LogP) is 0.969. The van der Waals surface area contributed by atoms with Crippen LogP contribution in [0.4, 0.5) is 4.79 Å². The van der Waals surface area contributed by atoms with E-state index < -0.39 is 18.7 Å². The van der Waals surface area contributed by atoms with Gasteiger partial charge in [0.25, 0.3) is 0 Å². The number of ether oxygens (including phenoxy) is 3. The quantitative estimate of drug-likeness (QED) is 0.618. The summed E-state index contributed by atoms with van der Waals surface area (Å²) in [5.74, 6) is -0.368. The van der Waals surface area contributed by atoms with Crippen molar-refractivity contribution in [2.75, 3.05) is 20.3 Å². The zero-order valence-corrected chi connectivity index (χ0v) is 8.03. The third-order valence-corrected chi connectivity index (χ3v) is 1.07. The molecule has 0 spiro atoms. The molecule has 0 radical (unpaired) electrons. The summed E-state index contributed by atoms with van der Waals surface area (Å²) in [7, 11) is 1.21. The van der Waals surface area contributed by atoms with E-state index in [9.17, 15) is 9.59 Å². The Hall–Kier alpha value is -1.26. The standard InChI is InChI=1S/C8H14O5/c1-6(2)4-12-8(10)13-5-7(9)11-3/h6H,4-5H2,1-3H3. The summed E-state index contributed by atoms with van der Waals surface area (Å²) >= 11 is 0. The number of methoxy groups -OCH3 is 1. The first-order valence-corrected chi connectivity index (χ1v) is 3.92. The Morgan fingerprint density at radius 2 is 1.85 bits per heavy atom. The molecule has 0 heterocycles. The molecule has 13 heavy (non-hydrogen) atoms. The Labute approximate surface area is 77.0 Å². The molecule has 0 fully saturated rings. The van der Waals surface area contributed by atoms with Crippen molar-refractivity contribution < 1.29 is 23.8 Å². The monoisotopic (exact) mass is 190 g/mol. The minimum Gasteiger partial charge on any atom is -0.466 e. The van der Waals surface area contributed by atoms with Crippen LogP contribution in [0.3, 0.4) is 0 Å². The van der Waals surface area contributed by atoms with Gasteiger partial charge >= 0.3 is 12.1 Å². The van der Waals surface area contributed by atoms with E-state index in [1.807, 2.05) is 13.8 Å². The molecule has 76 valence electrons. The summed E-state index contributed by atoms with van der Waals surface area (Å²) in [6.07, 6.45) is -0.848. The molecule has 5 nitrogen and oxygen atoms in total. The molecule has 0 N–H and O–H groups in total. The van der Waals surface area contributed by atoms with Gasteiger partial charge in [-0.15, -0.1) is 0 Å². The fraction of sp³-hybridized carbons (Fsp3) is 0.750. The lowest BCUT2D eigenvalue weighted by Crippen LogP contribution is -2.17. The molecule has 0 rings (SSSR count). The van der Waals surface area contributed by atoms with E-state index >= 15 is 0 Å². The normalized spacial score (nSPS) is 9.54. The van der Waals surface area contributed by atoms with Crippen LogP contribution < -0.4 is 0 Å². The Balaban J connectivity index is 3.46. The minimum atomic E-state index is -0.848. The van der Waals surface area contributed by atoms with Crippen LogP contribution in [0.1, 0.15) is 13.8 Å². The fourth-order valence-corrected chi connectivity index (χ4v) is 0.453. The van der Waals surface area contributed by atoms with Gasteiger partial charge in [-0.05, 0) is 5.92 Å². The van der Waals surface area contributed by atoms with E-state index in [0.29, 0.717) is 0 Å². The van der Waals surface area contributed by atoms with Gasteiger partial charge in [-0.2, -0.15) is 0 Å². The Bertz CT molecular complexity index is 175. The molecule has 0 aliphatic carbocycles. The zero-order valence-electron chi connectivity index (χ0n) is 8.03. The molecule has 0 aliphatic heterocycles. The summed E-state index contributed by atoms with van der Waals surface area (Å²) in [6, 6.07) is 0. The second-order valence-electron chi connectivity index (χ2n) is 2.82. The van der Waals surface area contributed by atoms with E-state index in [0.717, 1.165) is 0 Å². The SMILES string of the molecule is COC(=O)COC(=O)OCC(C)C. The predicted molar refractivity (Wildman–Crippen MR) is 44.2 cm³/mol. The topological polar surface area (TPSA) is 61.8 Å². The molecule has 0 saturated heterocycles. The number of esters is 1. The Kier molecular flexibility index (Phi) is 5.67. The zero-order chi connectivity index (χ0) is 10.3. The molecule has 0 aromatic heterocycles. The third-order valence-electron chi connectivity index (χ3n) is 1.07. The van der Waals surface area contributed by atoms with Gasteiger partial charge in [0.1, 0.15) is 0 Å². The van der Waals surface area contributed by atoms with Crippen LogP contribution in [0, 0.1) is 5.92 Å². The molecule has 0 atom stereocenters. The van der Waals surface area contributed by atoms with Crippen LogP contribution >= 0.6 is 0 Å². The van der Waals surface area contributed by atoms with Crippen molar-refractivity contribution in [3.8, 4) is 0 Å². The highest BCUT2D eigenvalue weighted by molar-refractivity contribution is 5.73. The van der Waals surface area contributed by atoms with Crippen molar-refractivity contribution in [2.24, 2.45) is 5.92 Å². The summed E-state index contributed by atoms with van der Waals surface area (Å²) in [6.45, 7) is 3.66. The molecular formula is C8H14O5. The van der Waals surface area contributed by atoms with Crippen molar-refractivity contribution >= 4 is 12.1 Å². The van der Waals surface area contributed by atoms with Crippen molar-refractivity contribution in [1.82, 2.24) is 0 Å².